The number of piperidine rings is 1. The number of alkyl carbamates (subject to hydrolysis) is 1. The Morgan fingerprint density at radius 2 is 1.86 bits per heavy atom. The van der Waals surface area contributed by atoms with Gasteiger partial charge in [-0.25, -0.2) is 9.59 Å². The van der Waals surface area contributed by atoms with Gasteiger partial charge >= 0.3 is 12.2 Å². The van der Waals surface area contributed by atoms with Gasteiger partial charge in [-0.1, -0.05) is 32.1 Å². The van der Waals surface area contributed by atoms with Crippen LogP contribution >= 0.6 is 0 Å². The maximum atomic E-state index is 12.2. The number of rotatable bonds is 4. The first-order valence-corrected chi connectivity index (χ1v) is 10.5. The monoisotopic (exact) mass is 394 g/mol. The van der Waals surface area contributed by atoms with Crippen LogP contribution in [0.3, 0.4) is 0 Å². The molecule has 2 fully saturated rings. The van der Waals surface area contributed by atoms with Crippen LogP contribution in [0.15, 0.2) is 23.8 Å². The fraction of sp³-hybridized carbons (Fsp3) is 0.714. The molecule has 158 valence electrons. The molecule has 2 amide bonds. The summed E-state index contributed by atoms with van der Waals surface area (Å²) < 4.78 is 16.1. The van der Waals surface area contributed by atoms with E-state index in [-0.39, 0.29) is 24.3 Å². The van der Waals surface area contributed by atoms with Crippen LogP contribution in [0.5, 0.6) is 0 Å². The molecule has 0 atom stereocenters. The fourth-order valence-electron chi connectivity index (χ4n) is 3.36. The van der Waals surface area contributed by atoms with E-state index in [1.54, 1.807) is 4.90 Å². The van der Waals surface area contributed by atoms with Crippen molar-refractivity contribution in [1.82, 2.24) is 10.2 Å². The molecule has 0 saturated carbocycles. The van der Waals surface area contributed by atoms with Gasteiger partial charge < -0.3 is 24.4 Å². The third-order valence-corrected chi connectivity index (χ3v) is 4.95. The van der Waals surface area contributed by atoms with E-state index >= 15 is 0 Å². The standard InChI is InChI=1S/C19H28N2O5.C2H6/c22-18(26-17-8-12-24-13-9-17)20-16-6-10-21(11-7-16)19(23)25-14-15-4-2-1-3-5-15;1-2/h2,4-5,16-17H,1,3,6-14H2,(H,20,22);1-2H3. The van der Waals surface area contributed by atoms with Crippen LogP contribution in [0.1, 0.15) is 52.4 Å². The Morgan fingerprint density at radius 1 is 1.14 bits per heavy atom. The maximum Gasteiger partial charge on any atom is 0.410 e. The highest BCUT2D eigenvalue weighted by molar-refractivity contribution is 5.69. The number of amides is 2. The van der Waals surface area contributed by atoms with Crippen molar-refractivity contribution in [3.63, 3.8) is 0 Å². The number of hydrogen-bond donors (Lipinski definition) is 1. The molecular weight excluding hydrogens is 360 g/mol. The molecule has 2 saturated heterocycles. The van der Waals surface area contributed by atoms with E-state index in [4.69, 9.17) is 14.2 Å². The van der Waals surface area contributed by atoms with Crippen molar-refractivity contribution in [2.45, 2.75) is 64.5 Å². The van der Waals surface area contributed by atoms with Crippen LogP contribution in [-0.4, -0.2) is 62.1 Å². The summed E-state index contributed by atoms with van der Waals surface area (Å²) in [6, 6.07) is 0.0374. The van der Waals surface area contributed by atoms with Crippen LogP contribution < -0.4 is 5.32 Å². The minimum absolute atomic E-state index is 0.0374. The smallest absolute Gasteiger partial charge is 0.410 e. The van der Waals surface area contributed by atoms with Gasteiger partial charge in [0.2, 0.25) is 0 Å². The number of ether oxygens (including phenoxy) is 3. The lowest BCUT2D eigenvalue weighted by atomic mass is 10.1. The molecule has 0 aromatic rings. The summed E-state index contributed by atoms with van der Waals surface area (Å²) in [5.74, 6) is 0. The van der Waals surface area contributed by atoms with E-state index in [0.717, 1.165) is 31.3 Å². The second kappa shape index (κ2) is 12.4. The molecule has 0 aromatic heterocycles. The van der Waals surface area contributed by atoms with Gasteiger partial charge in [0.15, 0.2) is 0 Å². The Balaban J connectivity index is 0.00000136. The van der Waals surface area contributed by atoms with Gasteiger partial charge in [0, 0.05) is 32.0 Å². The highest BCUT2D eigenvalue weighted by Gasteiger charge is 2.26. The van der Waals surface area contributed by atoms with Crippen molar-refractivity contribution in [1.29, 1.82) is 0 Å². The Kier molecular flexibility index (Phi) is 9.90. The van der Waals surface area contributed by atoms with Gasteiger partial charge in [0.05, 0.1) is 13.2 Å². The molecule has 28 heavy (non-hydrogen) atoms. The second-order valence-corrected chi connectivity index (χ2v) is 6.94. The van der Waals surface area contributed by atoms with E-state index in [1.807, 2.05) is 19.9 Å². The first-order valence-electron chi connectivity index (χ1n) is 10.5. The Morgan fingerprint density at radius 3 is 2.50 bits per heavy atom. The van der Waals surface area contributed by atoms with E-state index in [2.05, 4.69) is 17.5 Å². The Labute approximate surface area is 168 Å². The fourth-order valence-corrected chi connectivity index (χ4v) is 3.36. The summed E-state index contributed by atoms with van der Waals surface area (Å²) in [5, 5.41) is 2.91. The van der Waals surface area contributed by atoms with Crippen LogP contribution in [0.4, 0.5) is 9.59 Å². The van der Waals surface area contributed by atoms with Gasteiger partial charge in [-0.05, 0) is 31.3 Å². The summed E-state index contributed by atoms with van der Waals surface area (Å²) in [6.07, 6.45) is 10.5. The predicted molar refractivity (Wildman–Crippen MR) is 107 cm³/mol. The summed E-state index contributed by atoms with van der Waals surface area (Å²) >= 11 is 0. The summed E-state index contributed by atoms with van der Waals surface area (Å²) in [4.78, 5) is 25.8. The van der Waals surface area contributed by atoms with E-state index < -0.39 is 0 Å². The lowest BCUT2D eigenvalue weighted by Gasteiger charge is -2.32. The number of allylic oxidation sites excluding steroid dienone is 2. The van der Waals surface area contributed by atoms with Gasteiger partial charge in [0.1, 0.15) is 12.7 Å². The summed E-state index contributed by atoms with van der Waals surface area (Å²) in [7, 11) is 0. The van der Waals surface area contributed by atoms with Crippen molar-refractivity contribution in [2.75, 3.05) is 32.9 Å². The van der Waals surface area contributed by atoms with Crippen molar-refractivity contribution < 1.29 is 23.8 Å². The van der Waals surface area contributed by atoms with Gasteiger partial charge in [-0.15, -0.1) is 0 Å². The first kappa shape index (κ1) is 22.3. The zero-order valence-corrected chi connectivity index (χ0v) is 17.2. The first-order chi connectivity index (χ1) is 13.7. The Hall–Kier alpha value is -2.02. The SMILES string of the molecule is CC.O=C(NC1CCN(C(=O)OCC2=CCCC=C2)CC1)OC1CCOCC1. The average Bonchev–Trinajstić information content (AvgIpc) is 2.75. The average molecular weight is 395 g/mol. The van der Waals surface area contributed by atoms with Gasteiger partial charge in [0.25, 0.3) is 0 Å². The van der Waals surface area contributed by atoms with Gasteiger partial charge in [-0.2, -0.15) is 0 Å². The molecule has 2 heterocycles. The third kappa shape index (κ3) is 7.54. The minimum atomic E-state index is -0.367. The summed E-state index contributed by atoms with van der Waals surface area (Å²) in [6.45, 7) is 6.77. The van der Waals surface area contributed by atoms with Crippen LogP contribution in [0, 0.1) is 0 Å². The molecule has 0 spiro atoms. The van der Waals surface area contributed by atoms with E-state index in [0.29, 0.717) is 45.8 Å². The number of carbonyl (C=O) groups excluding carboxylic acids is 2. The normalized spacial score (nSPS) is 20.5. The zero-order chi connectivity index (χ0) is 20.2. The third-order valence-electron chi connectivity index (χ3n) is 4.95. The highest BCUT2D eigenvalue weighted by Crippen LogP contribution is 2.15. The maximum absolute atomic E-state index is 12.2. The molecule has 0 unspecified atom stereocenters. The minimum Gasteiger partial charge on any atom is -0.446 e. The molecule has 0 radical (unpaired) electrons. The number of nitrogens with zero attached hydrogens (tertiary/aromatic N) is 1. The second-order valence-electron chi connectivity index (χ2n) is 6.94. The van der Waals surface area contributed by atoms with Crippen LogP contribution in [0.2, 0.25) is 0 Å². The summed E-state index contributed by atoms with van der Waals surface area (Å²) in [5.41, 5.74) is 1.05. The molecule has 0 aromatic carbocycles. The molecular formula is C21H34N2O5. The molecule has 1 aliphatic carbocycles. The van der Waals surface area contributed by atoms with E-state index in [1.165, 1.54) is 0 Å². The topological polar surface area (TPSA) is 77.1 Å². The molecule has 7 nitrogen and oxygen atoms in total. The molecule has 0 bridgehead atoms. The van der Waals surface area contributed by atoms with Gasteiger partial charge in [-0.3, -0.25) is 0 Å². The lowest BCUT2D eigenvalue weighted by molar-refractivity contribution is 0.000180. The van der Waals surface area contributed by atoms with Crippen LogP contribution in [-0.2, 0) is 14.2 Å². The quantitative estimate of drug-likeness (QED) is 0.785. The predicted octanol–water partition coefficient (Wildman–Crippen LogP) is 3.80. The van der Waals surface area contributed by atoms with Crippen molar-refractivity contribution >= 4 is 12.2 Å². The molecule has 3 aliphatic rings. The lowest BCUT2D eigenvalue weighted by Crippen LogP contribution is -2.47. The molecule has 2 aliphatic heterocycles. The molecule has 3 rings (SSSR count). The van der Waals surface area contributed by atoms with Crippen molar-refractivity contribution in [3.05, 3.63) is 23.8 Å². The largest absolute Gasteiger partial charge is 0.446 e. The number of carbonyl (C=O) groups is 2. The van der Waals surface area contributed by atoms with Crippen molar-refractivity contribution in [3.8, 4) is 0 Å². The molecule has 1 N–H and O–H groups in total. The van der Waals surface area contributed by atoms with Crippen molar-refractivity contribution in [2.24, 2.45) is 0 Å². The number of nitrogens with one attached hydrogen (secondary N) is 1. The zero-order valence-electron chi connectivity index (χ0n) is 17.2. The van der Waals surface area contributed by atoms with E-state index in [9.17, 15) is 9.59 Å². The number of likely N-dealkylation sites (tertiary alicyclic amines) is 1. The van der Waals surface area contributed by atoms with Crippen LogP contribution in [0.25, 0.3) is 0 Å². The number of hydrogen-bond acceptors (Lipinski definition) is 5. The highest BCUT2D eigenvalue weighted by atomic mass is 16.6. The molecule has 7 heteroatoms. The Bertz CT molecular complexity index is 547.